The van der Waals surface area contributed by atoms with Crippen LogP contribution in [0.15, 0.2) is 23.2 Å². The summed E-state index contributed by atoms with van der Waals surface area (Å²) in [5.74, 6) is 5.43. The average Bonchev–Trinajstić information content (AvgIpc) is 3.06. The number of thiazole rings is 1. The van der Waals surface area contributed by atoms with E-state index in [9.17, 15) is 4.79 Å². The van der Waals surface area contributed by atoms with Gasteiger partial charge in [-0.2, -0.15) is 0 Å². The maximum atomic E-state index is 12.0. The van der Waals surface area contributed by atoms with Gasteiger partial charge in [-0.3, -0.25) is 9.78 Å². The minimum atomic E-state index is -0.142. The first-order chi connectivity index (χ1) is 9.20. The molecule has 1 N–H and O–H groups in total. The van der Waals surface area contributed by atoms with E-state index < -0.39 is 0 Å². The Hall–Kier alpha value is -1.68. The molecule has 0 aromatic carbocycles. The molecule has 98 valence electrons. The van der Waals surface area contributed by atoms with Gasteiger partial charge in [-0.15, -0.1) is 22.7 Å². The van der Waals surface area contributed by atoms with Crippen LogP contribution in [0.2, 0.25) is 0 Å². The van der Waals surface area contributed by atoms with Crippen LogP contribution < -0.4 is 0 Å². The third-order valence-corrected chi connectivity index (χ3v) is 4.01. The van der Waals surface area contributed by atoms with Gasteiger partial charge in [-0.25, -0.2) is 0 Å². The Bertz CT molecular complexity index is 608. The molecule has 6 heteroatoms. The van der Waals surface area contributed by atoms with Crippen molar-refractivity contribution in [3.05, 3.63) is 38.5 Å². The lowest BCUT2D eigenvalue weighted by Crippen LogP contribution is -2.25. The molecule has 2 aromatic rings. The smallest absolute Gasteiger partial charge is 0.265 e. The zero-order valence-electron chi connectivity index (χ0n) is 10.3. The van der Waals surface area contributed by atoms with E-state index in [2.05, 4.69) is 16.8 Å². The largest absolute Gasteiger partial charge is 0.384 e. The minimum Gasteiger partial charge on any atom is -0.384 e. The van der Waals surface area contributed by atoms with E-state index in [-0.39, 0.29) is 12.5 Å². The molecule has 0 saturated heterocycles. The highest BCUT2D eigenvalue weighted by molar-refractivity contribution is 7.11. The van der Waals surface area contributed by atoms with Crippen LogP contribution in [0.1, 0.15) is 20.1 Å². The summed E-state index contributed by atoms with van der Waals surface area (Å²) in [7, 11) is 1.76. The Balaban J connectivity index is 2.01. The fourth-order valence-electron chi connectivity index (χ4n) is 1.51. The van der Waals surface area contributed by atoms with Crippen LogP contribution in [0.5, 0.6) is 0 Å². The number of thiophene rings is 1. The second kappa shape index (κ2) is 6.48. The van der Waals surface area contributed by atoms with E-state index in [1.807, 2.05) is 11.4 Å². The number of aliphatic hydroxyl groups excluding tert-OH is 1. The Morgan fingerprint density at radius 1 is 1.53 bits per heavy atom. The highest BCUT2D eigenvalue weighted by Crippen LogP contribution is 2.17. The number of aromatic nitrogens is 1. The fraction of sp³-hybridized carbons (Fsp3) is 0.231. The van der Waals surface area contributed by atoms with E-state index in [0.29, 0.717) is 11.4 Å². The molecule has 0 unspecified atom stereocenters. The van der Waals surface area contributed by atoms with Crippen LogP contribution >= 0.6 is 22.7 Å². The molecule has 19 heavy (non-hydrogen) atoms. The van der Waals surface area contributed by atoms with Crippen molar-refractivity contribution in [2.24, 2.45) is 0 Å². The second-order valence-corrected chi connectivity index (χ2v) is 5.60. The van der Waals surface area contributed by atoms with Crippen molar-refractivity contribution >= 4 is 28.6 Å². The molecule has 1 amide bonds. The van der Waals surface area contributed by atoms with Crippen LogP contribution in [0, 0.1) is 11.8 Å². The van der Waals surface area contributed by atoms with Gasteiger partial charge >= 0.3 is 0 Å². The number of carbonyl (C=O) groups is 1. The highest BCUT2D eigenvalue weighted by atomic mass is 32.1. The number of aliphatic hydroxyl groups is 1. The van der Waals surface area contributed by atoms with Crippen LogP contribution in [-0.4, -0.2) is 34.6 Å². The second-order valence-electron chi connectivity index (χ2n) is 3.81. The molecule has 2 rings (SSSR count). The van der Waals surface area contributed by atoms with Crippen LogP contribution in [0.3, 0.4) is 0 Å². The summed E-state index contributed by atoms with van der Waals surface area (Å²) in [6.45, 7) is 0.394. The SMILES string of the molecule is CN(Cc1csc(C#CCO)c1)C(=O)c1cncs1. The molecule has 0 fully saturated rings. The number of amides is 1. The molecule has 0 saturated carbocycles. The van der Waals surface area contributed by atoms with Crippen molar-refractivity contribution < 1.29 is 9.90 Å². The average molecular weight is 292 g/mol. The molecule has 2 aromatic heterocycles. The zero-order valence-corrected chi connectivity index (χ0v) is 11.9. The molecular formula is C13H12N2O2S2. The van der Waals surface area contributed by atoms with Crippen molar-refractivity contribution in [2.45, 2.75) is 6.54 Å². The van der Waals surface area contributed by atoms with Crippen LogP contribution in [0.4, 0.5) is 0 Å². The number of rotatable bonds is 3. The van der Waals surface area contributed by atoms with Crippen molar-refractivity contribution in [2.75, 3.05) is 13.7 Å². The topological polar surface area (TPSA) is 53.4 Å². The third kappa shape index (κ3) is 3.64. The highest BCUT2D eigenvalue weighted by Gasteiger charge is 2.13. The summed E-state index contributed by atoms with van der Waals surface area (Å²) in [6.07, 6.45) is 1.58. The Labute approximate surface area is 119 Å². The molecule has 0 aliphatic heterocycles. The van der Waals surface area contributed by atoms with Gasteiger partial charge in [-0.05, 0) is 17.0 Å². The van der Waals surface area contributed by atoms with Gasteiger partial charge in [0.05, 0.1) is 16.6 Å². The maximum Gasteiger partial charge on any atom is 0.265 e. The van der Waals surface area contributed by atoms with E-state index in [1.54, 1.807) is 23.7 Å². The van der Waals surface area contributed by atoms with Gasteiger partial charge in [0.15, 0.2) is 0 Å². The standard InChI is InChI=1S/C13H12N2O2S2/c1-15(13(17)12-6-14-9-19-12)7-10-5-11(18-8-10)3-2-4-16/h5-6,8-9,16H,4,7H2,1H3. The quantitative estimate of drug-likeness (QED) is 0.878. The molecule has 2 heterocycles. The lowest BCUT2D eigenvalue weighted by molar-refractivity contribution is 0.0790. The third-order valence-electron chi connectivity index (χ3n) is 2.35. The number of hydrogen-bond acceptors (Lipinski definition) is 5. The monoisotopic (exact) mass is 292 g/mol. The molecule has 0 radical (unpaired) electrons. The summed E-state index contributed by atoms with van der Waals surface area (Å²) in [6, 6.07) is 1.93. The molecule has 0 atom stereocenters. The van der Waals surface area contributed by atoms with Gasteiger partial charge in [-0.1, -0.05) is 11.8 Å². The number of hydrogen-bond donors (Lipinski definition) is 1. The first-order valence-corrected chi connectivity index (χ1v) is 7.27. The zero-order chi connectivity index (χ0) is 13.7. The Morgan fingerprint density at radius 2 is 2.37 bits per heavy atom. The van der Waals surface area contributed by atoms with E-state index >= 15 is 0 Å². The Kier molecular flexibility index (Phi) is 4.68. The van der Waals surface area contributed by atoms with Crippen molar-refractivity contribution in [1.29, 1.82) is 0 Å². The lowest BCUT2D eigenvalue weighted by Gasteiger charge is -2.14. The molecule has 0 spiro atoms. The van der Waals surface area contributed by atoms with Gasteiger partial charge < -0.3 is 10.0 Å². The maximum absolute atomic E-state index is 12.0. The molecule has 4 nitrogen and oxygen atoms in total. The Morgan fingerprint density at radius 3 is 3.05 bits per heavy atom. The summed E-state index contributed by atoms with van der Waals surface area (Å²) < 4.78 is 0. The van der Waals surface area contributed by atoms with Crippen molar-refractivity contribution in [1.82, 2.24) is 9.88 Å². The molecule has 0 aliphatic rings. The first-order valence-electron chi connectivity index (χ1n) is 5.52. The first kappa shape index (κ1) is 13.7. The minimum absolute atomic E-state index is 0.0308. The molecular weight excluding hydrogens is 280 g/mol. The van der Waals surface area contributed by atoms with E-state index in [1.165, 1.54) is 22.7 Å². The predicted molar refractivity (Wildman–Crippen MR) is 76.2 cm³/mol. The summed E-state index contributed by atoms with van der Waals surface area (Å²) >= 11 is 2.84. The van der Waals surface area contributed by atoms with Crippen molar-refractivity contribution in [3.63, 3.8) is 0 Å². The lowest BCUT2D eigenvalue weighted by atomic mass is 10.3. The van der Waals surface area contributed by atoms with Crippen molar-refractivity contribution in [3.8, 4) is 11.8 Å². The van der Waals surface area contributed by atoms with E-state index in [4.69, 9.17) is 5.11 Å². The normalized spacial score (nSPS) is 9.79. The summed E-state index contributed by atoms with van der Waals surface area (Å²) in [5.41, 5.74) is 2.68. The van der Waals surface area contributed by atoms with Crippen LogP contribution in [-0.2, 0) is 6.54 Å². The number of carbonyl (C=O) groups excluding carboxylic acids is 1. The molecule has 0 aliphatic carbocycles. The molecule has 0 bridgehead atoms. The van der Waals surface area contributed by atoms with E-state index in [0.717, 1.165) is 10.4 Å². The van der Waals surface area contributed by atoms with Crippen LogP contribution in [0.25, 0.3) is 0 Å². The fourth-order valence-corrected chi connectivity index (χ4v) is 2.89. The van der Waals surface area contributed by atoms with Gasteiger partial charge in [0, 0.05) is 13.6 Å². The summed E-state index contributed by atoms with van der Waals surface area (Å²) in [4.78, 5) is 19.1. The number of nitrogens with zero attached hydrogens (tertiary/aromatic N) is 2. The van der Waals surface area contributed by atoms with Gasteiger partial charge in [0.2, 0.25) is 0 Å². The summed E-state index contributed by atoms with van der Waals surface area (Å²) in [5, 5.41) is 10.6. The predicted octanol–water partition coefficient (Wildman–Crippen LogP) is 1.82. The van der Waals surface area contributed by atoms with Gasteiger partial charge in [0.25, 0.3) is 5.91 Å². The van der Waals surface area contributed by atoms with Gasteiger partial charge in [0.1, 0.15) is 11.5 Å².